The number of allylic oxidation sites excluding steroid dienone is 3. The lowest BCUT2D eigenvalue weighted by Crippen LogP contribution is -2.42. The molecule has 7 heteroatoms. The van der Waals surface area contributed by atoms with Gasteiger partial charge in [0, 0.05) is 22.2 Å². The van der Waals surface area contributed by atoms with Gasteiger partial charge < -0.3 is 15.2 Å². The highest BCUT2D eigenvalue weighted by Gasteiger charge is 2.45. The van der Waals surface area contributed by atoms with Crippen LogP contribution in [-0.2, 0) is 4.79 Å². The minimum absolute atomic E-state index is 0.0453. The molecule has 2 heterocycles. The Morgan fingerprint density at radius 3 is 2.64 bits per heavy atom. The van der Waals surface area contributed by atoms with Crippen molar-refractivity contribution in [2.45, 2.75) is 39.5 Å². The number of nitriles is 1. The van der Waals surface area contributed by atoms with E-state index < -0.39 is 5.92 Å². The third kappa shape index (κ3) is 3.50. The van der Waals surface area contributed by atoms with Crippen molar-refractivity contribution in [2.24, 2.45) is 11.1 Å². The lowest BCUT2D eigenvalue weighted by atomic mass is 9.68. The van der Waals surface area contributed by atoms with E-state index in [1.54, 1.807) is 0 Å². The van der Waals surface area contributed by atoms with Crippen LogP contribution in [0.15, 0.2) is 63.5 Å². The number of nitrogens with zero attached hydrogens (tertiary/aromatic N) is 2. The Labute approximate surface area is 201 Å². The maximum atomic E-state index is 13.6. The standard InChI is InChI=1S/C26H24BrN3O3/c1-14-8-16(27)5-6-18(14)30-19-10-26(2,3)11-20(31)24(19)23(17(12-28)25(30)29)15-4-7-21-22(9-15)33-13-32-21/h4-9,23H,10-11,13,29H2,1-3H3. The van der Waals surface area contributed by atoms with Gasteiger partial charge in [0.15, 0.2) is 17.3 Å². The maximum Gasteiger partial charge on any atom is 0.231 e. The first kappa shape index (κ1) is 21.6. The molecule has 0 saturated heterocycles. The summed E-state index contributed by atoms with van der Waals surface area (Å²) in [7, 11) is 0. The minimum atomic E-state index is -0.546. The zero-order chi connectivity index (χ0) is 23.5. The maximum absolute atomic E-state index is 13.6. The van der Waals surface area contributed by atoms with Gasteiger partial charge in [-0.2, -0.15) is 5.26 Å². The van der Waals surface area contributed by atoms with Gasteiger partial charge in [0.2, 0.25) is 6.79 Å². The fourth-order valence-electron chi connectivity index (χ4n) is 5.08. The van der Waals surface area contributed by atoms with E-state index >= 15 is 0 Å². The summed E-state index contributed by atoms with van der Waals surface area (Å²) in [6.07, 6.45) is 1.09. The van der Waals surface area contributed by atoms with Crippen LogP contribution in [-0.4, -0.2) is 12.6 Å². The molecule has 0 amide bonds. The number of hydrogen-bond acceptors (Lipinski definition) is 6. The van der Waals surface area contributed by atoms with Crippen LogP contribution < -0.4 is 20.1 Å². The lowest BCUT2D eigenvalue weighted by Gasteiger charge is -2.44. The fourth-order valence-corrected chi connectivity index (χ4v) is 5.56. The highest BCUT2D eigenvalue weighted by molar-refractivity contribution is 9.10. The first-order chi connectivity index (χ1) is 15.7. The van der Waals surface area contributed by atoms with Crippen LogP contribution in [0.4, 0.5) is 5.69 Å². The van der Waals surface area contributed by atoms with Gasteiger partial charge in [0.25, 0.3) is 0 Å². The normalized spacial score (nSPS) is 21.2. The van der Waals surface area contributed by atoms with Gasteiger partial charge in [-0.1, -0.05) is 35.8 Å². The van der Waals surface area contributed by atoms with Crippen molar-refractivity contribution in [1.82, 2.24) is 0 Å². The van der Waals surface area contributed by atoms with Crippen LogP contribution in [0.3, 0.4) is 0 Å². The second-order valence-corrected chi connectivity index (χ2v) is 10.4. The Balaban J connectivity index is 1.76. The van der Waals surface area contributed by atoms with E-state index in [0.717, 1.165) is 27.0 Å². The SMILES string of the molecule is Cc1cc(Br)ccc1N1C(N)=C(C#N)C(c2ccc3c(c2)OCO3)C2=C1CC(C)(C)CC2=O. The summed E-state index contributed by atoms with van der Waals surface area (Å²) in [4.78, 5) is 15.5. The summed E-state index contributed by atoms with van der Waals surface area (Å²) in [6, 6.07) is 13.8. The molecule has 0 fully saturated rings. The number of carbonyl (C=O) groups excluding carboxylic acids is 1. The monoisotopic (exact) mass is 505 g/mol. The molecule has 0 bridgehead atoms. The molecule has 2 aliphatic heterocycles. The number of anilines is 1. The van der Waals surface area contributed by atoms with E-state index in [4.69, 9.17) is 15.2 Å². The Morgan fingerprint density at radius 1 is 1.15 bits per heavy atom. The smallest absolute Gasteiger partial charge is 0.231 e. The lowest BCUT2D eigenvalue weighted by molar-refractivity contribution is -0.118. The molecule has 0 saturated carbocycles. The largest absolute Gasteiger partial charge is 0.454 e. The number of fused-ring (bicyclic) bond motifs is 1. The number of benzene rings is 2. The summed E-state index contributed by atoms with van der Waals surface area (Å²) in [5.41, 5.74) is 11.0. The first-order valence-electron chi connectivity index (χ1n) is 10.8. The molecule has 1 aliphatic carbocycles. The molecule has 2 aromatic carbocycles. The van der Waals surface area contributed by atoms with Gasteiger partial charge in [-0.15, -0.1) is 0 Å². The van der Waals surface area contributed by atoms with Crippen molar-refractivity contribution in [1.29, 1.82) is 5.26 Å². The second-order valence-electron chi connectivity index (χ2n) is 9.52. The average molecular weight is 506 g/mol. The van der Waals surface area contributed by atoms with E-state index in [1.165, 1.54) is 0 Å². The van der Waals surface area contributed by atoms with Gasteiger partial charge in [-0.25, -0.2) is 0 Å². The number of ketones is 1. The quantitative estimate of drug-likeness (QED) is 0.585. The Hall–Kier alpha value is -3.24. The number of rotatable bonds is 2. The summed E-state index contributed by atoms with van der Waals surface area (Å²) in [5.74, 6) is 1.12. The molecular weight excluding hydrogens is 482 g/mol. The van der Waals surface area contributed by atoms with Crippen LogP contribution in [0.1, 0.15) is 43.7 Å². The zero-order valence-electron chi connectivity index (χ0n) is 18.7. The summed E-state index contributed by atoms with van der Waals surface area (Å²) < 4.78 is 12.0. The number of hydrogen-bond donors (Lipinski definition) is 1. The van der Waals surface area contributed by atoms with E-state index in [9.17, 15) is 10.1 Å². The predicted octanol–water partition coefficient (Wildman–Crippen LogP) is 5.43. The van der Waals surface area contributed by atoms with Crippen molar-refractivity contribution in [3.63, 3.8) is 0 Å². The summed E-state index contributed by atoms with van der Waals surface area (Å²) >= 11 is 3.52. The molecule has 3 aliphatic rings. The van der Waals surface area contributed by atoms with Crippen molar-refractivity contribution < 1.29 is 14.3 Å². The van der Waals surface area contributed by atoms with Crippen LogP contribution in [0.5, 0.6) is 11.5 Å². The Bertz CT molecular complexity index is 1300. The molecule has 0 aromatic heterocycles. The number of ether oxygens (including phenoxy) is 2. The molecule has 5 rings (SSSR count). The number of nitrogens with two attached hydrogens (primary N) is 1. The van der Waals surface area contributed by atoms with Gasteiger partial charge >= 0.3 is 0 Å². The van der Waals surface area contributed by atoms with Crippen LogP contribution >= 0.6 is 15.9 Å². The van der Waals surface area contributed by atoms with Crippen LogP contribution in [0.25, 0.3) is 0 Å². The molecule has 6 nitrogen and oxygen atoms in total. The third-order valence-electron chi connectivity index (χ3n) is 6.51. The van der Waals surface area contributed by atoms with E-state index in [-0.39, 0.29) is 18.0 Å². The van der Waals surface area contributed by atoms with Gasteiger partial charge in [0.05, 0.1) is 23.2 Å². The molecule has 1 atom stereocenters. The molecule has 0 radical (unpaired) electrons. The summed E-state index contributed by atoms with van der Waals surface area (Å²) in [5, 5.41) is 10.2. The fraction of sp³-hybridized carbons (Fsp3) is 0.308. The van der Waals surface area contributed by atoms with Gasteiger partial charge in [-0.3, -0.25) is 9.69 Å². The number of aryl methyl sites for hydroxylation is 1. The Morgan fingerprint density at radius 2 is 1.91 bits per heavy atom. The Kier molecular flexibility index (Phi) is 5.02. The number of carbonyl (C=O) groups is 1. The summed E-state index contributed by atoms with van der Waals surface area (Å²) in [6.45, 7) is 6.34. The molecule has 168 valence electrons. The molecule has 33 heavy (non-hydrogen) atoms. The third-order valence-corrected chi connectivity index (χ3v) is 7.00. The van der Waals surface area contributed by atoms with Crippen molar-refractivity contribution >= 4 is 27.4 Å². The van der Waals surface area contributed by atoms with E-state index in [0.29, 0.717) is 41.3 Å². The molecule has 2 aromatic rings. The topological polar surface area (TPSA) is 88.6 Å². The minimum Gasteiger partial charge on any atom is -0.454 e. The molecule has 1 unspecified atom stereocenters. The van der Waals surface area contributed by atoms with Crippen molar-refractivity contribution in [3.8, 4) is 17.6 Å². The molecule has 0 spiro atoms. The highest BCUT2D eigenvalue weighted by atomic mass is 79.9. The van der Waals surface area contributed by atoms with E-state index in [1.807, 2.05) is 48.2 Å². The number of Topliss-reactive ketones (excluding diaryl/α,β-unsaturated/α-hetero) is 1. The van der Waals surface area contributed by atoms with Crippen LogP contribution in [0, 0.1) is 23.7 Å². The molecular formula is C26H24BrN3O3. The second kappa shape index (κ2) is 7.67. The van der Waals surface area contributed by atoms with Crippen molar-refractivity contribution in [2.75, 3.05) is 11.7 Å². The van der Waals surface area contributed by atoms with Gasteiger partial charge in [-0.05, 0) is 60.2 Å². The molecule has 2 N–H and O–H groups in total. The van der Waals surface area contributed by atoms with E-state index in [2.05, 4.69) is 35.8 Å². The zero-order valence-corrected chi connectivity index (χ0v) is 20.3. The first-order valence-corrected chi connectivity index (χ1v) is 11.6. The predicted molar refractivity (Wildman–Crippen MR) is 129 cm³/mol. The van der Waals surface area contributed by atoms with Crippen molar-refractivity contribution in [3.05, 3.63) is 74.7 Å². The van der Waals surface area contributed by atoms with Gasteiger partial charge in [0.1, 0.15) is 5.82 Å². The average Bonchev–Trinajstić information content (AvgIpc) is 3.21. The highest BCUT2D eigenvalue weighted by Crippen LogP contribution is 2.51. The van der Waals surface area contributed by atoms with Crippen LogP contribution in [0.2, 0.25) is 0 Å². The number of halogens is 1.